The fourth-order valence-corrected chi connectivity index (χ4v) is 2.43. The van der Waals surface area contributed by atoms with Crippen molar-refractivity contribution in [1.29, 1.82) is 0 Å². The van der Waals surface area contributed by atoms with E-state index in [1.807, 2.05) is 27.0 Å². The summed E-state index contributed by atoms with van der Waals surface area (Å²) >= 11 is 0. The summed E-state index contributed by atoms with van der Waals surface area (Å²) in [5.74, 6) is 1.29. The molecule has 1 aromatic rings. The molecule has 6 nitrogen and oxygen atoms in total. The van der Waals surface area contributed by atoms with Crippen LogP contribution in [0, 0.1) is 12.8 Å². The van der Waals surface area contributed by atoms with Gasteiger partial charge in [-0.1, -0.05) is 0 Å². The Kier molecular flexibility index (Phi) is 4.76. The van der Waals surface area contributed by atoms with Crippen molar-refractivity contribution in [3.63, 3.8) is 0 Å². The first-order chi connectivity index (χ1) is 9.63. The van der Waals surface area contributed by atoms with Gasteiger partial charge < -0.3 is 15.0 Å². The van der Waals surface area contributed by atoms with Gasteiger partial charge in [-0.05, 0) is 26.7 Å². The summed E-state index contributed by atoms with van der Waals surface area (Å²) in [6.07, 6.45) is 1.83. The fraction of sp³-hybridized carbons (Fsp3) is 0.643. The van der Waals surface area contributed by atoms with Gasteiger partial charge in [0, 0.05) is 31.9 Å². The zero-order valence-electron chi connectivity index (χ0n) is 12.3. The SMILES string of the molecule is CCOC(=O)[C@H]1CCCN(c2nc(C)cc(NC)n2)C1. The van der Waals surface area contributed by atoms with Crippen molar-refractivity contribution in [3.05, 3.63) is 11.8 Å². The minimum atomic E-state index is -0.112. The summed E-state index contributed by atoms with van der Waals surface area (Å²) in [4.78, 5) is 22.9. The quantitative estimate of drug-likeness (QED) is 0.844. The Morgan fingerprint density at radius 3 is 3.05 bits per heavy atom. The number of aromatic nitrogens is 2. The van der Waals surface area contributed by atoms with Gasteiger partial charge in [-0.3, -0.25) is 4.79 Å². The van der Waals surface area contributed by atoms with E-state index in [0.717, 1.165) is 30.9 Å². The first-order valence-corrected chi connectivity index (χ1v) is 7.09. The summed E-state index contributed by atoms with van der Waals surface area (Å²) in [5.41, 5.74) is 0.914. The number of rotatable bonds is 4. The third-order valence-electron chi connectivity index (χ3n) is 3.42. The number of nitrogens with one attached hydrogen (secondary N) is 1. The van der Waals surface area contributed by atoms with Gasteiger partial charge >= 0.3 is 5.97 Å². The second-order valence-electron chi connectivity index (χ2n) is 4.98. The van der Waals surface area contributed by atoms with E-state index in [2.05, 4.69) is 20.2 Å². The van der Waals surface area contributed by atoms with Crippen LogP contribution in [0.2, 0.25) is 0 Å². The molecule has 0 spiro atoms. The summed E-state index contributed by atoms with van der Waals surface area (Å²) < 4.78 is 5.12. The summed E-state index contributed by atoms with van der Waals surface area (Å²) in [7, 11) is 1.84. The molecule has 20 heavy (non-hydrogen) atoms. The average Bonchev–Trinajstić information content (AvgIpc) is 2.47. The summed E-state index contributed by atoms with van der Waals surface area (Å²) in [5, 5.41) is 3.03. The van der Waals surface area contributed by atoms with Crippen LogP contribution in [0.25, 0.3) is 0 Å². The van der Waals surface area contributed by atoms with Crippen LogP contribution >= 0.6 is 0 Å². The maximum Gasteiger partial charge on any atom is 0.310 e. The van der Waals surface area contributed by atoms with Crippen LogP contribution in [0.1, 0.15) is 25.5 Å². The zero-order chi connectivity index (χ0) is 14.5. The Hall–Kier alpha value is -1.85. The minimum absolute atomic E-state index is 0.0779. The van der Waals surface area contributed by atoms with Crippen LogP contribution in [0.15, 0.2) is 6.07 Å². The van der Waals surface area contributed by atoms with Gasteiger partial charge in [0.25, 0.3) is 0 Å². The van der Waals surface area contributed by atoms with Gasteiger partial charge in [-0.2, -0.15) is 4.98 Å². The molecule has 1 N–H and O–H groups in total. The molecule has 1 aromatic heterocycles. The lowest BCUT2D eigenvalue weighted by molar-refractivity contribution is -0.148. The molecule has 1 atom stereocenters. The van der Waals surface area contributed by atoms with Crippen LogP contribution < -0.4 is 10.2 Å². The van der Waals surface area contributed by atoms with E-state index in [-0.39, 0.29) is 11.9 Å². The number of carbonyl (C=O) groups excluding carboxylic acids is 1. The van der Waals surface area contributed by atoms with Crippen molar-refractivity contribution < 1.29 is 9.53 Å². The van der Waals surface area contributed by atoms with Crippen molar-refractivity contribution in [2.24, 2.45) is 5.92 Å². The van der Waals surface area contributed by atoms with E-state index in [9.17, 15) is 4.79 Å². The molecule has 0 aliphatic carbocycles. The van der Waals surface area contributed by atoms with Crippen molar-refractivity contribution in [3.8, 4) is 0 Å². The monoisotopic (exact) mass is 278 g/mol. The number of carbonyl (C=O) groups is 1. The molecule has 0 radical (unpaired) electrons. The van der Waals surface area contributed by atoms with E-state index < -0.39 is 0 Å². The second-order valence-corrected chi connectivity index (χ2v) is 4.98. The van der Waals surface area contributed by atoms with Gasteiger partial charge in [0.1, 0.15) is 5.82 Å². The van der Waals surface area contributed by atoms with Crippen LogP contribution in [-0.4, -0.2) is 42.7 Å². The largest absolute Gasteiger partial charge is 0.466 e. The van der Waals surface area contributed by atoms with Gasteiger partial charge in [0.15, 0.2) is 0 Å². The number of nitrogens with zero attached hydrogens (tertiary/aromatic N) is 3. The number of esters is 1. The molecule has 1 saturated heterocycles. The third-order valence-corrected chi connectivity index (χ3v) is 3.42. The summed E-state index contributed by atoms with van der Waals surface area (Å²) in [6.45, 7) is 5.72. The van der Waals surface area contributed by atoms with Gasteiger partial charge in [0.2, 0.25) is 5.95 Å². The van der Waals surface area contributed by atoms with E-state index in [1.165, 1.54) is 0 Å². The Bertz CT molecular complexity index is 478. The van der Waals surface area contributed by atoms with E-state index in [4.69, 9.17) is 4.74 Å². The molecule has 110 valence electrons. The molecule has 1 aliphatic rings. The maximum atomic E-state index is 11.9. The van der Waals surface area contributed by atoms with Crippen molar-refractivity contribution in [1.82, 2.24) is 9.97 Å². The normalized spacial score (nSPS) is 18.8. The van der Waals surface area contributed by atoms with Crippen LogP contribution in [0.3, 0.4) is 0 Å². The highest BCUT2D eigenvalue weighted by Gasteiger charge is 2.28. The molecule has 0 saturated carbocycles. The number of aryl methyl sites for hydroxylation is 1. The van der Waals surface area contributed by atoms with Gasteiger partial charge in [-0.15, -0.1) is 0 Å². The van der Waals surface area contributed by atoms with Gasteiger partial charge in [-0.25, -0.2) is 4.98 Å². The molecule has 1 aliphatic heterocycles. The first kappa shape index (κ1) is 14.6. The Balaban J connectivity index is 2.12. The number of anilines is 2. The minimum Gasteiger partial charge on any atom is -0.466 e. The van der Waals surface area contributed by atoms with E-state index >= 15 is 0 Å². The van der Waals surface area contributed by atoms with Crippen LogP contribution in [-0.2, 0) is 9.53 Å². The molecular formula is C14H22N4O2. The predicted molar refractivity (Wildman–Crippen MR) is 77.9 cm³/mol. The fourth-order valence-electron chi connectivity index (χ4n) is 2.43. The maximum absolute atomic E-state index is 11.9. The highest BCUT2D eigenvalue weighted by Crippen LogP contribution is 2.22. The molecular weight excluding hydrogens is 256 g/mol. The van der Waals surface area contributed by atoms with Crippen LogP contribution in [0.4, 0.5) is 11.8 Å². The Morgan fingerprint density at radius 1 is 1.55 bits per heavy atom. The van der Waals surface area contributed by atoms with Crippen LogP contribution in [0.5, 0.6) is 0 Å². The highest BCUT2D eigenvalue weighted by atomic mass is 16.5. The Morgan fingerprint density at radius 2 is 2.35 bits per heavy atom. The zero-order valence-corrected chi connectivity index (χ0v) is 12.3. The number of piperidine rings is 1. The molecule has 0 unspecified atom stereocenters. The molecule has 0 aromatic carbocycles. The highest BCUT2D eigenvalue weighted by molar-refractivity contribution is 5.73. The first-order valence-electron chi connectivity index (χ1n) is 7.09. The van der Waals surface area contributed by atoms with Crippen molar-refractivity contribution >= 4 is 17.7 Å². The van der Waals surface area contributed by atoms with Gasteiger partial charge in [0.05, 0.1) is 12.5 Å². The van der Waals surface area contributed by atoms with Crippen molar-refractivity contribution in [2.45, 2.75) is 26.7 Å². The lowest BCUT2D eigenvalue weighted by Gasteiger charge is -2.31. The molecule has 6 heteroatoms. The lowest BCUT2D eigenvalue weighted by atomic mass is 9.98. The lowest BCUT2D eigenvalue weighted by Crippen LogP contribution is -2.40. The number of hydrogen-bond acceptors (Lipinski definition) is 6. The third kappa shape index (κ3) is 3.37. The topological polar surface area (TPSA) is 67.3 Å². The number of ether oxygens (including phenoxy) is 1. The van der Waals surface area contributed by atoms with E-state index in [0.29, 0.717) is 19.1 Å². The predicted octanol–water partition coefficient (Wildman–Crippen LogP) is 1.61. The molecule has 0 amide bonds. The number of hydrogen-bond donors (Lipinski definition) is 1. The second kappa shape index (κ2) is 6.54. The smallest absolute Gasteiger partial charge is 0.310 e. The molecule has 1 fully saturated rings. The Labute approximate surface area is 119 Å². The molecule has 2 rings (SSSR count). The average molecular weight is 278 g/mol. The van der Waals surface area contributed by atoms with Crippen molar-refractivity contribution in [2.75, 3.05) is 37.0 Å². The standard InChI is InChI=1S/C14H22N4O2/c1-4-20-13(19)11-6-5-7-18(9-11)14-16-10(2)8-12(15-3)17-14/h8,11H,4-7,9H2,1-3H3,(H,15,16,17)/t11-/m0/s1. The molecule has 0 bridgehead atoms. The molecule has 2 heterocycles. The summed E-state index contributed by atoms with van der Waals surface area (Å²) in [6, 6.07) is 1.90. The van der Waals surface area contributed by atoms with E-state index in [1.54, 1.807) is 0 Å².